The number of thiophene rings is 1. The number of ether oxygens (including phenoxy) is 1. The van der Waals surface area contributed by atoms with Crippen LogP contribution in [0.4, 0.5) is 0 Å². The number of benzene rings is 1. The summed E-state index contributed by atoms with van der Waals surface area (Å²) >= 11 is 11.2. The molecule has 0 aliphatic heterocycles. The summed E-state index contributed by atoms with van der Waals surface area (Å²) in [6.45, 7) is 0. The number of hydrogen-bond acceptors (Lipinski definition) is 3. The molecule has 0 saturated heterocycles. The Kier molecular flexibility index (Phi) is 5.28. The van der Waals surface area contributed by atoms with Gasteiger partial charge in [-0.1, -0.05) is 23.7 Å². The maximum Gasteiger partial charge on any atom is 0.118 e. The van der Waals surface area contributed by atoms with Crippen molar-refractivity contribution in [3.63, 3.8) is 0 Å². The highest BCUT2D eigenvalue weighted by atomic mass is 79.9. The Morgan fingerprint density at radius 3 is 2.53 bits per heavy atom. The minimum Gasteiger partial charge on any atom is -0.497 e. The first-order valence-electron chi connectivity index (χ1n) is 5.89. The summed E-state index contributed by atoms with van der Waals surface area (Å²) in [5, 5.41) is 4.11. The summed E-state index contributed by atoms with van der Waals surface area (Å²) in [5.41, 5.74) is 1.26. The molecule has 0 bridgehead atoms. The van der Waals surface area contributed by atoms with Crippen molar-refractivity contribution in [2.75, 3.05) is 14.2 Å². The summed E-state index contributed by atoms with van der Waals surface area (Å²) in [7, 11) is 3.65. The zero-order valence-electron chi connectivity index (χ0n) is 10.7. The van der Waals surface area contributed by atoms with Crippen LogP contribution in [-0.4, -0.2) is 14.2 Å². The molecular formula is C14H15BrClNOS. The van der Waals surface area contributed by atoms with Gasteiger partial charge in [-0.3, -0.25) is 0 Å². The first-order chi connectivity index (χ1) is 9.13. The Morgan fingerprint density at radius 2 is 2.05 bits per heavy atom. The second-order valence-electron chi connectivity index (χ2n) is 4.16. The molecule has 1 unspecified atom stereocenters. The summed E-state index contributed by atoms with van der Waals surface area (Å²) < 4.78 is 6.15. The van der Waals surface area contributed by atoms with E-state index in [2.05, 4.69) is 33.4 Å². The van der Waals surface area contributed by atoms with Gasteiger partial charge in [-0.2, -0.15) is 0 Å². The third-order valence-corrected chi connectivity index (χ3v) is 5.54. The molecule has 2 aromatic rings. The zero-order valence-corrected chi connectivity index (χ0v) is 13.9. The summed E-state index contributed by atoms with van der Waals surface area (Å²) in [6.07, 6.45) is 0.920. The summed E-state index contributed by atoms with van der Waals surface area (Å²) in [4.78, 5) is 1.23. The number of likely N-dealkylation sites (N-methyl/N-ethyl adjacent to an activating group) is 1. The fraction of sp³-hybridized carbons (Fsp3) is 0.286. The van der Waals surface area contributed by atoms with Crippen molar-refractivity contribution in [3.05, 3.63) is 49.6 Å². The van der Waals surface area contributed by atoms with E-state index in [0.717, 1.165) is 21.0 Å². The molecule has 0 aliphatic carbocycles. The predicted octanol–water partition coefficient (Wildman–Crippen LogP) is 4.68. The Balaban J connectivity index is 2.13. The Morgan fingerprint density at radius 1 is 1.37 bits per heavy atom. The van der Waals surface area contributed by atoms with E-state index in [1.807, 2.05) is 25.2 Å². The molecule has 0 amide bonds. The lowest BCUT2D eigenvalue weighted by atomic mass is 10.0. The monoisotopic (exact) mass is 359 g/mol. The first kappa shape index (κ1) is 14.9. The Labute approximate surface area is 130 Å². The van der Waals surface area contributed by atoms with Gasteiger partial charge in [-0.15, -0.1) is 11.3 Å². The van der Waals surface area contributed by atoms with Crippen LogP contribution < -0.4 is 10.1 Å². The van der Waals surface area contributed by atoms with Crippen molar-refractivity contribution < 1.29 is 4.74 Å². The molecule has 2 nitrogen and oxygen atoms in total. The number of nitrogens with one attached hydrogen (secondary N) is 1. The van der Waals surface area contributed by atoms with Gasteiger partial charge in [0.25, 0.3) is 0 Å². The van der Waals surface area contributed by atoms with E-state index in [1.165, 1.54) is 10.4 Å². The van der Waals surface area contributed by atoms with Gasteiger partial charge < -0.3 is 10.1 Å². The molecule has 0 fully saturated rings. The third kappa shape index (κ3) is 3.72. The molecule has 19 heavy (non-hydrogen) atoms. The van der Waals surface area contributed by atoms with E-state index in [0.29, 0.717) is 0 Å². The van der Waals surface area contributed by atoms with E-state index in [-0.39, 0.29) is 6.04 Å². The molecule has 1 N–H and O–H groups in total. The van der Waals surface area contributed by atoms with Crippen LogP contribution in [0.1, 0.15) is 16.5 Å². The predicted molar refractivity (Wildman–Crippen MR) is 85.5 cm³/mol. The topological polar surface area (TPSA) is 21.3 Å². The molecule has 1 aromatic heterocycles. The maximum atomic E-state index is 6.09. The van der Waals surface area contributed by atoms with E-state index in [4.69, 9.17) is 16.3 Å². The fourth-order valence-electron chi connectivity index (χ4n) is 1.88. The third-order valence-electron chi connectivity index (χ3n) is 2.95. The van der Waals surface area contributed by atoms with Gasteiger partial charge in [0.15, 0.2) is 0 Å². The van der Waals surface area contributed by atoms with Crippen molar-refractivity contribution >= 4 is 38.9 Å². The normalized spacial score (nSPS) is 12.4. The fourth-order valence-corrected chi connectivity index (χ4v) is 3.73. The summed E-state index contributed by atoms with van der Waals surface area (Å²) in [5.74, 6) is 0.881. The Bertz CT molecular complexity index is 521. The van der Waals surface area contributed by atoms with Gasteiger partial charge in [-0.25, -0.2) is 0 Å². The molecule has 0 saturated carbocycles. The molecule has 102 valence electrons. The highest BCUT2D eigenvalue weighted by molar-refractivity contribution is 9.11. The van der Waals surface area contributed by atoms with Gasteiger partial charge >= 0.3 is 0 Å². The van der Waals surface area contributed by atoms with Crippen molar-refractivity contribution in [3.8, 4) is 5.75 Å². The van der Waals surface area contributed by atoms with Crippen LogP contribution in [0.2, 0.25) is 5.02 Å². The lowest BCUT2D eigenvalue weighted by Gasteiger charge is -2.14. The molecule has 2 rings (SSSR count). The molecule has 1 aromatic carbocycles. The quantitative estimate of drug-likeness (QED) is 0.836. The number of hydrogen-bond donors (Lipinski definition) is 1. The lowest BCUT2D eigenvalue weighted by Crippen LogP contribution is -2.17. The highest BCUT2D eigenvalue weighted by Crippen LogP contribution is 2.36. The first-order valence-corrected chi connectivity index (χ1v) is 7.87. The van der Waals surface area contributed by atoms with Crippen LogP contribution in [0.5, 0.6) is 5.75 Å². The molecule has 0 radical (unpaired) electrons. The number of methoxy groups -OCH3 is 1. The van der Waals surface area contributed by atoms with Crippen LogP contribution in [0.25, 0.3) is 0 Å². The van der Waals surface area contributed by atoms with Crippen LogP contribution in [-0.2, 0) is 6.42 Å². The van der Waals surface area contributed by atoms with Crippen molar-refractivity contribution in [2.24, 2.45) is 0 Å². The van der Waals surface area contributed by atoms with Crippen LogP contribution >= 0.6 is 38.9 Å². The highest BCUT2D eigenvalue weighted by Gasteiger charge is 2.15. The molecule has 0 aliphatic rings. The molecule has 1 heterocycles. The maximum absolute atomic E-state index is 6.09. The van der Waals surface area contributed by atoms with E-state index in [9.17, 15) is 0 Å². The molecule has 0 spiro atoms. The molecular weight excluding hydrogens is 346 g/mol. The van der Waals surface area contributed by atoms with Gasteiger partial charge in [0.1, 0.15) is 5.75 Å². The van der Waals surface area contributed by atoms with Crippen LogP contribution in [0.15, 0.2) is 34.1 Å². The minimum absolute atomic E-state index is 0.266. The van der Waals surface area contributed by atoms with E-state index >= 15 is 0 Å². The van der Waals surface area contributed by atoms with Gasteiger partial charge in [-0.05, 0) is 53.2 Å². The standard InChI is InChI=1S/C14H15BrClNOS/c1-17-12(13-8-11(16)14(15)19-13)7-9-3-5-10(18-2)6-4-9/h3-6,8,12,17H,7H2,1-2H3. The molecule has 1 atom stereocenters. The number of halogens is 2. The molecule has 5 heteroatoms. The van der Waals surface area contributed by atoms with Crippen molar-refractivity contribution in [1.29, 1.82) is 0 Å². The summed E-state index contributed by atoms with van der Waals surface area (Å²) in [6, 6.07) is 10.4. The van der Waals surface area contributed by atoms with Crippen LogP contribution in [0, 0.1) is 0 Å². The van der Waals surface area contributed by atoms with Gasteiger partial charge in [0, 0.05) is 10.9 Å². The second-order valence-corrected chi connectivity index (χ2v) is 6.97. The van der Waals surface area contributed by atoms with E-state index < -0.39 is 0 Å². The van der Waals surface area contributed by atoms with Gasteiger partial charge in [0.2, 0.25) is 0 Å². The van der Waals surface area contributed by atoms with Gasteiger partial charge in [0.05, 0.1) is 15.9 Å². The van der Waals surface area contributed by atoms with Crippen LogP contribution in [0.3, 0.4) is 0 Å². The smallest absolute Gasteiger partial charge is 0.118 e. The zero-order chi connectivity index (χ0) is 13.8. The lowest BCUT2D eigenvalue weighted by molar-refractivity contribution is 0.414. The SMILES string of the molecule is CNC(Cc1ccc(OC)cc1)c1cc(Cl)c(Br)s1. The average molecular weight is 361 g/mol. The second kappa shape index (κ2) is 6.75. The van der Waals surface area contributed by atoms with Crippen molar-refractivity contribution in [1.82, 2.24) is 5.32 Å². The van der Waals surface area contributed by atoms with E-state index in [1.54, 1.807) is 18.4 Å². The average Bonchev–Trinajstić information content (AvgIpc) is 2.76. The number of rotatable bonds is 5. The largest absolute Gasteiger partial charge is 0.497 e. The minimum atomic E-state index is 0.266. The van der Waals surface area contributed by atoms with Crippen molar-refractivity contribution in [2.45, 2.75) is 12.5 Å². The Hall–Kier alpha value is -0.550.